The van der Waals surface area contributed by atoms with E-state index >= 15 is 0 Å². The Labute approximate surface area is 86.2 Å². The average molecular weight is 224 g/mol. The molecule has 0 atom stereocenters. The number of hydrogen-bond donors (Lipinski definition) is 2. The highest BCUT2D eigenvalue weighted by molar-refractivity contribution is 5.75. The Kier molecular flexibility index (Phi) is 3.96. The van der Waals surface area contributed by atoms with Crippen molar-refractivity contribution in [2.75, 3.05) is 6.54 Å². The smallest absolute Gasteiger partial charge is 0.356 e. The summed E-state index contributed by atoms with van der Waals surface area (Å²) in [6.45, 7) is 0.449. The van der Waals surface area contributed by atoms with Gasteiger partial charge in [-0.1, -0.05) is 0 Å². The summed E-state index contributed by atoms with van der Waals surface area (Å²) in [6.07, 6.45) is -4.10. The molecule has 3 N–H and O–H groups in total. The molecule has 3 nitrogen and oxygen atoms in total. The van der Waals surface area contributed by atoms with Crippen LogP contribution < -0.4 is 11.1 Å². The molecule has 1 saturated carbocycles. The third-order valence-electron chi connectivity index (χ3n) is 2.50. The molecular formula is C9H15F3N2O. The van der Waals surface area contributed by atoms with Crippen LogP contribution in [-0.4, -0.2) is 24.7 Å². The van der Waals surface area contributed by atoms with Crippen molar-refractivity contribution in [3.8, 4) is 0 Å². The van der Waals surface area contributed by atoms with Crippen molar-refractivity contribution in [2.45, 2.75) is 37.9 Å². The van der Waals surface area contributed by atoms with Gasteiger partial charge < -0.3 is 11.1 Å². The predicted octanol–water partition coefficient (Wildman–Crippen LogP) is 1.18. The minimum Gasteiger partial charge on any atom is -0.356 e. The second-order valence-electron chi connectivity index (χ2n) is 4.02. The number of carbonyl (C=O) groups is 1. The van der Waals surface area contributed by atoms with E-state index in [9.17, 15) is 18.0 Å². The molecule has 0 unspecified atom stereocenters. The first-order valence-electron chi connectivity index (χ1n) is 4.96. The first-order valence-corrected chi connectivity index (χ1v) is 4.96. The van der Waals surface area contributed by atoms with Crippen LogP contribution in [0.2, 0.25) is 0 Å². The standard InChI is InChI=1S/C9H15F3N2O/c10-9(11,12)2-1-8(15)14-5-6-3-7(13)4-6/h6-7H,1-5,13H2,(H,14,15). The Morgan fingerprint density at radius 1 is 1.40 bits per heavy atom. The number of nitrogens with two attached hydrogens (primary N) is 1. The van der Waals surface area contributed by atoms with Gasteiger partial charge in [0.2, 0.25) is 5.91 Å². The molecule has 1 aliphatic carbocycles. The van der Waals surface area contributed by atoms with Gasteiger partial charge in [0.25, 0.3) is 0 Å². The predicted molar refractivity (Wildman–Crippen MR) is 49.0 cm³/mol. The molecule has 0 spiro atoms. The van der Waals surface area contributed by atoms with Crippen LogP contribution in [0.1, 0.15) is 25.7 Å². The summed E-state index contributed by atoms with van der Waals surface area (Å²) in [5.74, 6) is -0.192. The van der Waals surface area contributed by atoms with E-state index in [1.54, 1.807) is 0 Å². The zero-order chi connectivity index (χ0) is 11.5. The van der Waals surface area contributed by atoms with E-state index in [0.717, 1.165) is 12.8 Å². The van der Waals surface area contributed by atoms with Crippen molar-refractivity contribution < 1.29 is 18.0 Å². The quantitative estimate of drug-likeness (QED) is 0.753. The second kappa shape index (κ2) is 4.83. The molecule has 1 aliphatic rings. The molecule has 6 heteroatoms. The molecule has 15 heavy (non-hydrogen) atoms. The topological polar surface area (TPSA) is 55.1 Å². The molecule has 0 aromatic rings. The molecule has 1 amide bonds. The van der Waals surface area contributed by atoms with E-state index in [2.05, 4.69) is 5.32 Å². The van der Waals surface area contributed by atoms with Crippen molar-refractivity contribution in [3.63, 3.8) is 0 Å². The van der Waals surface area contributed by atoms with Gasteiger partial charge in [-0.3, -0.25) is 4.79 Å². The largest absolute Gasteiger partial charge is 0.389 e. The SMILES string of the molecule is NC1CC(CNC(=O)CCC(F)(F)F)C1. The van der Waals surface area contributed by atoms with Crippen LogP contribution >= 0.6 is 0 Å². The van der Waals surface area contributed by atoms with Gasteiger partial charge >= 0.3 is 6.18 Å². The number of hydrogen-bond acceptors (Lipinski definition) is 2. The van der Waals surface area contributed by atoms with Crippen LogP contribution in [0.4, 0.5) is 13.2 Å². The summed E-state index contributed by atoms with van der Waals surface area (Å²) in [5.41, 5.74) is 5.53. The molecule has 0 aromatic heterocycles. The number of amides is 1. The minimum atomic E-state index is -4.25. The van der Waals surface area contributed by atoms with Crippen molar-refractivity contribution in [1.29, 1.82) is 0 Å². The first kappa shape index (κ1) is 12.3. The Bertz CT molecular complexity index is 224. The van der Waals surface area contributed by atoms with Crippen molar-refractivity contribution in [1.82, 2.24) is 5.32 Å². The zero-order valence-electron chi connectivity index (χ0n) is 8.31. The Morgan fingerprint density at radius 2 is 2.00 bits per heavy atom. The molecule has 0 heterocycles. The van der Waals surface area contributed by atoms with E-state index in [4.69, 9.17) is 5.73 Å². The number of carbonyl (C=O) groups excluding carboxylic acids is 1. The van der Waals surface area contributed by atoms with E-state index in [0.29, 0.717) is 12.5 Å². The molecule has 88 valence electrons. The third kappa shape index (κ3) is 5.01. The number of halogens is 3. The summed E-state index contributed by atoms with van der Waals surface area (Å²) in [6, 6.07) is 0.196. The first-order chi connectivity index (χ1) is 6.87. The number of rotatable bonds is 4. The summed E-state index contributed by atoms with van der Waals surface area (Å²) in [5, 5.41) is 2.48. The third-order valence-corrected chi connectivity index (χ3v) is 2.50. The van der Waals surface area contributed by atoms with E-state index < -0.39 is 24.9 Å². The van der Waals surface area contributed by atoms with Crippen LogP contribution in [-0.2, 0) is 4.79 Å². The molecule has 0 saturated heterocycles. The van der Waals surface area contributed by atoms with Gasteiger partial charge in [0.05, 0.1) is 6.42 Å². The fourth-order valence-electron chi connectivity index (χ4n) is 1.56. The van der Waals surface area contributed by atoms with Gasteiger partial charge in [0.15, 0.2) is 0 Å². The molecule has 0 radical (unpaired) electrons. The molecule has 0 bridgehead atoms. The lowest BCUT2D eigenvalue weighted by atomic mass is 9.81. The van der Waals surface area contributed by atoms with Crippen LogP contribution in [0.3, 0.4) is 0 Å². The number of nitrogens with one attached hydrogen (secondary N) is 1. The van der Waals surface area contributed by atoms with E-state index in [1.165, 1.54) is 0 Å². The van der Waals surface area contributed by atoms with Gasteiger partial charge in [-0.25, -0.2) is 0 Å². The van der Waals surface area contributed by atoms with Crippen molar-refractivity contribution in [2.24, 2.45) is 11.7 Å². The average Bonchev–Trinajstić information content (AvgIpc) is 2.06. The molecule has 1 rings (SSSR count). The maximum atomic E-state index is 11.7. The van der Waals surface area contributed by atoms with Crippen molar-refractivity contribution >= 4 is 5.91 Å². The normalized spacial score (nSPS) is 25.9. The van der Waals surface area contributed by atoms with Crippen LogP contribution in [0, 0.1) is 5.92 Å². The lowest BCUT2D eigenvalue weighted by Gasteiger charge is -2.32. The van der Waals surface area contributed by atoms with Gasteiger partial charge in [-0.15, -0.1) is 0 Å². The second-order valence-corrected chi connectivity index (χ2v) is 4.02. The highest BCUT2D eigenvalue weighted by Crippen LogP contribution is 2.24. The maximum Gasteiger partial charge on any atom is 0.389 e. The lowest BCUT2D eigenvalue weighted by molar-refractivity contribution is -0.144. The molecule has 1 fully saturated rings. The van der Waals surface area contributed by atoms with Crippen molar-refractivity contribution in [3.05, 3.63) is 0 Å². The van der Waals surface area contributed by atoms with Gasteiger partial charge in [0, 0.05) is 19.0 Å². The summed E-state index contributed by atoms with van der Waals surface area (Å²) in [4.78, 5) is 11.0. The van der Waals surface area contributed by atoms with Crippen LogP contribution in [0.25, 0.3) is 0 Å². The molecule has 0 aliphatic heterocycles. The fourth-order valence-corrected chi connectivity index (χ4v) is 1.56. The van der Waals surface area contributed by atoms with E-state index in [1.807, 2.05) is 0 Å². The highest BCUT2D eigenvalue weighted by atomic mass is 19.4. The highest BCUT2D eigenvalue weighted by Gasteiger charge is 2.29. The lowest BCUT2D eigenvalue weighted by Crippen LogP contribution is -2.42. The minimum absolute atomic E-state index is 0.196. The summed E-state index contributed by atoms with van der Waals surface area (Å²) >= 11 is 0. The zero-order valence-corrected chi connectivity index (χ0v) is 8.31. The van der Waals surface area contributed by atoms with Crippen LogP contribution in [0.15, 0.2) is 0 Å². The monoisotopic (exact) mass is 224 g/mol. The molecule has 0 aromatic carbocycles. The fraction of sp³-hybridized carbons (Fsp3) is 0.889. The summed E-state index contributed by atoms with van der Waals surface area (Å²) < 4.78 is 35.2. The Morgan fingerprint density at radius 3 is 2.47 bits per heavy atom. The van der Waals surface area contributed by atoms with Gasteiger partial charge in [-0.2, -0.15) is 13.2 Å². The van der Waals surface area contributed by atoms with Gasteiger partial charge in [0.1, 0.15) is 0 Å². The summed E-state index contributed by atoms with van der Waals surface area (Å²) in [7, 11) is 0. The van der Waals surface area contributed by atoms with Gasteiger partial charge in [-0.05, 0) is 18.8 Å². The van der Waals surface area contributed by atoms with E-state index in [-0.39, 0.29) is 6.04 Å². The molecular weight excluding hydrogens is 209 g/mol. The number of alkyl halides is 3. The Hall–Kier alpha value is -0.780. The maximum absolute atomic E-state index is 11.7. The van der Waals surface area contributed by atoms with Crippen LogP contribution in [0.5, 0.6) is 0 Å². The Balaban J connectivity index is 2.04.